The van der Waals surface area contributed by atoms with Crippen LogP contribution in [-0.2, 0) is 22.5 Å². The summed E-state index contributed by atoms with van der Waals surface area (Å²) >= 11 is 1.60. The van der Waals surface area contributed by atoms with Crippen molar-refractivity contribution in [1.29, 1.82) is 0 Å². The summed E-state index contributed by atoms with van der Waals surface area (Å²) in [7, 11) is 0. The van der Waals surface area contributed by atoms with Gasteiger partial charge in [0.05, 0.1) is 13.0 Å². The normalized spacial score (nSPS) is 11.3. The molecule has 0 atom stereocenters. The van der Waals surface area contributed by atoms with Gasteiger partial charge in [-0.05, 0) is 35.1 Å². The molecule has 0 aliphatic carbocycles. The van der Waals surface area contributed by atoms with Crippen LogP contribution in [0.3, 0.4) is 0 Å². The van der Waals surface area contributed by atoms with Crippen LogP contribution in [-0.4, -0.2) is 23.9 Å². The lowest BCUT2D eigenvalue weighted by Gasteiger charge is -2.16. The molecule has 0 amide bonds. The minimum absolute atomic E-state index is 0.00331. The number of halogens is 4. The molecule has 1 aromatic heterocycles. The molecule has 0 fully saturated rings. The van der Waals surface area contributed by atoms with Gasteiger partial charge in [-0.25, -0.2) is 4.98 Å². The van der Waals surface area contributed by atoms with Gasteiger partial charge in [-0.2, -0.15) is 0 Å². The first kappa shape index (κ1) is 17.0. The topological polar surface area (TPSA) is 74.4 Å². The van der Waals surface area contributed by atoms with E-state index in [-0.39, 0.29) is 28.8 Å². The molecule has 1 aromatic rings. The lowest BCUT2D eigenvalue weighted by atomic mass is 10.1. The van der Waals surface area contributed by atoms with Gasteiger partial charge in [0.1, 0.15) is 3.70 Å². The van der Waals surface area contributed by atoms with Gasteiger partial charge in [0.15, 0.2) is 5.75 Å². The fourth-order valence-electron chi connectivity index (χ4n) is 1.49. The van der Waals surface area contributed by atoms with Crippen molar-refractivity contribution in [1.82, 2.24) is 4.98 Å². The Morgan fingerprint density at radius 1 is 1.50 bits per heavy atom. The Balaban J connectivity index is 3.21. The van der Waals surface area contributed by atoms with E-state index in [2.05, 4.69) is 9.72 Å². The lowest BCUT2D eigenvalue weighted by Crippen LogP contribution is -2.21. The Hall–Kier alpha value is -1.10. The maximum atomic E-state index is 12.4. The van der Waals surface area contributed by atoms with Crippen LogP contribution in [0.1, 0.15) is 18.1 Å². The molecule has 1 rings (SSSR count). The molecule has 2 N–H and O–H groups in total. The summed E-state index contributed by atoms with van der Waals surface area (Å²) in [4.78, 5) is 15.3. The Bertz CT molecular complexity index is 495. The number of nitrogens with two attached hydrogens (primary N) is 1. The average Bonchev–Trinajstić information content (AvgIpc) is 2.33. The highest BCUT2D eigenvalue weighted by molar-refractivity contribution is 14.1. The highest BCUT2D eigenvalue weighted by atomic mass is 127. The molecule has 0 aliphatic heterocycles. The van der Waals surface area contributed by atoms with E-state index in [1.165, 1.54) is 6.20 Å². The molecule has 5 nitrogen and oxygen atoms in total. The summed E-state index contributed by atoms with van der Waals surface area (Å²) in [5.74, 6) is -1.16. The summed E-state index contributed by atoms with van der Waals surface area (Å²) in [6, 6.07) is 0. The molecule has 1 heterocycles. The van der Waals surface area contributed by atoms with Crippen LogP contribution < -0.4 is 10.5 Å². The minimum Gasteiger partial charge on any atom is -0.466 e. The van der Waals surface area contributed by atoms with Crippen molar-refractivity contribution in [3.8, 4) is 5.75 Å². The number of hydrogen-bond donors (Lipinski definition) is 1. The van der Waals surface area contributed by atoms with Crippen LogP contribution in [0, 0.1) is 3.70 Å². The number of nitrogens with zero attached hydrogens (tertiary/aromatic N) is 1. The van der Waals surface area contributed by atoms with Crippen molar-refractivity contribution >= 4 is 28.6 Å². The summed E-state index contributed by atoms with van der Waals surface area (Å²) in [6.07, 6.45) is -3.91. The molecule has 112 valence electrons. The summed E-state index contributed by atoms with van der Waals surface area (Å²) < 4.78 is 45.9. The van der Waals surface area contributed by atoms with Crippen LogP contribution in [0.25, 0.3) is 0 Å². The maximum Gasteiger partial charge on any atom is 0.573 e. The predicted octanol–water partition coefficient (Wildman–Crippen LogP) is 2.15. The fraction of sp³-hybridized carbons (Fsp3) is 0.455. The van der Waals surface area contributed by atoms with E-state index in [1.807, 2.05) is 0 Å². The quantitative estimate of drug-likeness (QED) is 0.463. The van der Waals surface area contributed by atoms with E-state index < -0.39 is 18.1 Å². The second kappa shape index (κ2) is 7.07. The molecular weight excluding hydrogens is 392 g/mol. The molecule has 0 spiro atoms. The van der Waals surface area contributed by atoms with Crippen LogP contribution in [0.4, 0.5) is 13.2 Å². The van der Waals surface area contributed by atoms with E-state index in [4.69, 9.17) is 10.5 Å². The van der Waals surface area contributed by atoms with Crippen LogP contribution in [0.5, 0.6) is 5.75 Å². The number of carbonyl (C=O) groups is 1. The van der Waals surface area contributed by atoms with Gasteiger partial charge in [-0.3, -0.25) is 4.79 Å². The first-order chi connectivity index (χ1) is 9.28. The van der Waals surface area contributed by atoms with E-state index in [9.17, 15) is 18.0 Å². The van der Waals surface area contributed by atoms with E-state index in [0.29, 0.717) is 5.56 Å². The van der Waals surface area contributed by atoms with Crippen LogP contribution in [0.15, 0.2) is 6.20 Å². The van der Waals surface area contributed by atoms with Gasteiger partial charge in [0, 0.05) is 18.3 Å². The fourth-order valence-corrected chi connectivity index (χ4v) is 2.06. The number of rotatable bonds is 5. The van der Waals surface area contributed by atoms with Gasteiger partial charge < -0.3 is 15.2 Å². The maximum absolute atomic E-state index is 12.4. The van der Waals surface area contributed by atoms with Crippen molar-refractivity contribution < 1.29 is 27.4 Å². The molecule has 20 heavy (non-hydrogen) atoms. The zero-order valence-electron chi connectivity index (χ0n) is 10.5. The monoisotopic (exact) mass is 404 g/mol. The summed E-state index contributed by atoms with van der Waals surface area (Å²) in [5.41, 5.74) is 5.80. The zero-order chi connectivity index (χ0) is 15.3. The van der Waals surface area contributed by atoms with Crippen molar-refractivity contribution in [3.63, 3.8) is 0 Å². The number of esters is 1. The second-order valence-corrected chi connectivity index (χ2v) is 4.64. The highest BCUT2D eigenvalue weighted by Crippen LogP contribution is 2.32. The first-order valence-corrected chi connectivity index (χ1v) is 6.64. The van der Waals surface area contributed by atoms with Crippen molar-refractivity contribution in [2.24, 2.45) is 5.73 Å². The highest BCUT2D eigenvalue weighted by Gasteiger charge is 2.34. The number of pyridine rings is 1. The molecule has 0 saturated heterocycles. The third-order valence-electron chi connectivity index (χ3n) is 2.25. The Labute approximate surface area is 126 Å². The third kappa shape index (κ3) is 4.78. The Morgan fingerprint density at radius 2 is 2.15 bits per heavy atom. The SMILES string of the molecule is CCOC(=O)Cc1c(CN)cnc(I)c1OC(F)(F)F. The molecule has 0 unspecified atom stereocenters. The zero-order valence-corrected chi connectivity index (χ0v) is 12.6. The smallest absolute Gasteiger partial charge is 0.466 e. The number of ether oxygens (including phenoxy) is 2. The number of aromatic nitrogens is 1. The second-order valence-electron chi connectivity index (χ2n) is 3.62. The standard InChI is InChI=1S/C11H12F3IN2O3/c1-2-19-8(18)3-7-6(4-16)5-17-10(15)9(7)20-11(12,13)14/h5H,2-4,16H2,1H3. The molecular formula is C11H12F3IN2O3. The van der Waals surface area contributed by atoms with Crippen LogP contribution >= 0.6 is 22.6 Å². The first-order valence-electron chi connectivity index (χ1n) is 5.56. The molecule has 0 saturated carbocycles. The van der Waals surface area contributed by atoms with Gasteiger partial charge in [-0.1, -0.05) is 0 Å². The predicted molar refractivity (Wildman–Crippen MR) is 71.9 cm³/mol. The van der Waals surface area contributed by atoms with Gasteiger partial charge >= 0.3 is 12.3 Å². The summed E-state index contributed by atoms with van der Waals surface area (Å²) in [6.45, 7) is 1.67. The van der Waals surface area contributed by atoms with Gasteiger partial charge in [0.2, 0.25) is 0 Å². The number of carbonyl (C=O) groups excluding carboxylic acids is 1. The van der Waals surface area contributed by atoms with Crippen LogP contribution in [0.2, 0.25) is 0 Å². The lowest BCUT2D eigenvalue weighted by molar-refractivity contribution is -0.275. The van der Waals surface area contributed by atoms with Gasteiger partial charge in [-0.15, -0.1) is 13.2 Å². The molecule has 0 radical (unpaired) electrons. The molecule has 0 aliphatic rings. The van der Waals surface area contributed by atoms with Crippen molar-refractivity contribution in [2.75, 3.05) is 6.61 Å². The number of alkyl halides is 3. The van der Waals surface area contributed by atoms with Gasteiger partial charge in [0.25, 0.3) is 0 Å². The largest absolute Gasteiger partial charge is 0.573 e. The van der Waals surface area contributed by atoms with E-state index >= 15 is 0 Å². The van der Waals surface area contributed by atoms with Crippen molar-refractivity contribution in [3.05, 3.63) is 21.0 Å². The van der Waals surface area contributed by atoms with E-state index in [1.54, 1.807) is 29.5 Å². The number of hydrogen-bond acceptors (Lipinski definition) is 5. The Morgan fingerprint density at radius 3 is 2.65 bits per heavy atom. The third-order valence-corrected chi connectivity index (χ3v) is 3.02. The minimum atomic E-state index is -4.88. The van der Waals surface area contributed by atoms with E-state index in [0.717, 1.165) is 0 Å². The molecule has 0 bridgehead atoms. The van der Waals surface area contributed by atoms with Crippen molar-refractivity contribution in [2.45, 2.75) is 26.3 Å². The Kier molecular flexibility index (Phi) is 5.99. The molecule has 0 aromatic carbocycles. The average molecular weight is 404 g/mol. The molecule has 9 heteroatoms. The summed E-state index contributed by atoms with van der Waals surface area (Å²) in [5, 5.41) is 0.